The normalized spacial score (nSPS) is 13.6. The number of nitrogens with zero attached hydrogens (tertiary/aromatic N) is 2. The lowest BCUT2D eigenvalue weighted by Crippen LogP contribution is -2.51. The second-order valence-electron chi connectivity index (χ2n) is 23.6. The summed E-state index contributed by atoms with van der Waals surface area (Å²) in [6.07, 6.45) is -0.673. The number of benzene rings is 11. The van der Waals surface area contributed by atoms with Crippen LogP contribution in [-0.2, 0) is 22.4 Å². The number of hydrogen-bond donors (Lipinski definition) is 4. The maximum atomic E-state index is 15.9. The summed E-state index contributed by atoms with van der Waals surface area (Å²) in [6, 6.07) is 36.1. The van der Waals surface area contributed by atoms with Crippen molar-refractivity contribution in [1.82, 2.24) is 9.80 Å². The molecule has 4 N–H and O–H groups in total. The Hall–Kier alpha value is -11.3. The summed E-state index contributed by atoms with van der Waals surface area (Å²) in [5.74, 6) is -5.53. The van der Waals surface area contributed by atoms with E-state index in [0.29, 0.717) is 56.4 Å². The molecule has 11 aromatic carbocycles. The van der Waals surface area contributed by atoms with E-state index in [4.69, 9.17) is 18.9 Å². The molecular weight excluding hydrogens is 1140 g/mol. The minimum atomic E-state index is -1.78. The van der Waals surface area contributed by atoms with E-state index in [1.807, 2.05) is 104 Å². The molecule has 0 spiro atoms. The Balaban J connectivity index is 1.23. The smallest absolute Gasteiger partial charge is 0.327 e. The number of fused-ring (bicyclic) bond motifs is 2. The molecule has 4 amide bonds. The molecule has 0 fully saturated rings. The number of imide groups is 2. The van der Waals surface area contributed by atoms with E-state index in [2.05, 4.69) is 0 Å². The quantitative estimate of drug-likeness (QED) is 0.0401. The molecule has 448 valence electrons. The summed E-state index contributed by atoms with van der Waals surface area (Å²) in [4.78, 5) is 92.4. The molecule has 0 aromatic heterocycles. The van der Waals surface area contributed by atoms with Gasteiger partial charge in [-0.15, -0.1) is 0 Å². The lowest BCUT2D eigenvalue weighted by molar-refractivity contribution is -0.142. The zero-order valence-corrected chi connectivity index (χ0v) is 50.2. The van der Waals surface area contributed by atoms with Crippen molar-refractivity contribution in [3.8, 4) is 57.5 Å². The number of phenols is 2. The second-order valence-corrected chi connectivity index (χ2v) is 23.6. The summed E-state index contributed by atoms with van der Waals surface area (Å²) < 4.78 is 28.7. The van der Waals surface area contributed by atoms with Crippen LogP contribution in [0.3, 0.4) is 0 Å². The number of amides is 4. The summed E-state index contributed by atoms with van der Waals surface area (Å²) in [7, 11) is 0. The topological polar surface area (TPSA) is 227 Å². The lowest BCUT2D eigenvalue weighted by Gasteiger charge is -2.35. The van der Waals surface area contributed by atoms with Crippen molar-refractivity contribution in [1.29, 1.82) is 0 Å². The average Bonchev–Trinajstić information content (AvgIpc) is 0.673. The van der Waals surface area contributed by atoms with Gasteiger partial charge >= 0.3 is 11.9 Å². The number of ether oxygens (including phenoxy) is 4. The number of aryl methyl sites for hydroxylation is 8. The Morgan fingerprint density at radius 2 is 0.578 bits per heavy atom. The lowest BCUT2D eigenvalue weighted by atomic mass is 9.80. The van der Waals surface area contributed by atoms with Crippen LogP contribution < -0.4 is 18.9 Å². The molecule has 0 radical (unpaired) electrons. The van der Waals surface area contributed by atoms with Crippen molar-refractivity contribution in [3.63, 3.8) is 0 Å². The Labute approximate surface area is 515 Å². The fraction of sp³-hybridized carbons (Fsp3) is 0.162. The molecule has 0 aliphatic carbocycles. The number of aromatic hydroxyl groups is 2. The first kappa shape index (κ1) is 57.8. The summed E-state index contributed by atoms with van der Waals surface area (Å²) >= 11 is 0. The molecule has 11 aromatic rings. The number of carboxylic acids is 2. The zero-order valence-electron chi connectivity index (χ0n) is 50.2. The van der Waals surface area contributed by atoms with Gasteiger partial charge in [0.25, 0.3) is 23.6 Å². The third-order valence-corrected chi connectivity index (χ3v) is 17.1. The molecule has 16 heteroatoms. The van der Waals surface area contributed by atoms with Gasteiger partial charge in [-0.3, -0.25) is 29.0 Å². The van der Waals surface area contributed by atoms with Crippen molar-refractivity contribution < 1.29 is 68.1 Å². The van der Waals surface area contributed by atoms with E-state index >= 15 is 19.2 Å². The first-order valence-electron chi connectivity index (χ1n) is 29.2. The van der Waals surface area contributed by atoms with Crippen molar-refractivity contribution in [2.24, 2.45) is 0 Å². The Morgan fingerprint density at radius 1 is 0.333 bits per heavy atom. The van der Waals surface area contributed by atoms with Gasteiger partial charge in [0.1, 0.15) is 69.6 Å². The third-order valence-electron chi connectivity index (χ3n) is 17.1. The minimum Gasteiger partial charge on any atom is -0.508 e. The van der Waals surface area contributed by atoms with Gasteiger partial charge < -0.3 is 39.4 Å². The maximum absolute atomic E-state index is 15.9. The van der Waals surface area contributed by atoms with Crippen LogP contribution in [0, 0.1) is 55.4 Å². The van der Waals surface area contributed by atoms with Gasteiger partial charge in [-0.25, -0.2) is 9.59 Å². The molecule has 2 aliphatic rings. The van der Waals surface area contributed by atoms with Crippen LogP contribution in [0.4, 0.5) is 0 Å². The highest BCUT2D eigenvalue weighted by molar-refractivity contribution is 6.45. The van der Waals surface area contributed by atoms with Crippen LogP contribution in [0.1, 0.15) is 97.1 Å². The van der Waals surface area contributed by atoms with Gasteiger partial charge in [0.05, 0.1) is 22.3 Å². The molecule has 2 unspecified atom stereocenters. The number of carbonyl (C=O) groups is 6. The molecule has 90 heavy (non-hydrogen) atoms. The predicted molar refractivity (Wildman–Crippen MR) is 339 cm³/mol. The SMILES string of the molecule is Cc1ccc(Oc2cc3c4c(cc(Oc5ccc(C)cc5C)c5c6c(Oc7ccc(C)cc7C)cc7c8c(cc(Oc9ccc(C)cc9C)c(c2c45)c86)C(=O)N(C(Cc2ccc(O)cc2)C(=O)O)C7=O)C(=O)N(C(Cc2ccc(O)cc2)C(=O)O)C3=O)c(C)c1. The maximum Gasteiger partial charge on any atom is 0.327 e. The molecular formula is C74H58N2O14. The van der Waals surface area contributed by atoms with Crippen molar-refractivity contribution in [2.45, 2.75) is 80.3 Å². The van der Waals surface area contributed by atoms with E-state index in [-0.39, 0.29) is 113 Å². The number of hydrogen-bond acceptors (Lipinski definition) is 12. The van der Waals surface area contributed by atoms with E-state index in [9.17, 15) is 30.0 Å². The molecule has 2 atom stereocenters. The summed E-state index contributed by atoms with van der Waals surface area (Å²) in [6.45, 7) is 15.1. The van der Waals surface area contributed by atoms with Crippen LogP contribution in [0.15, 0.2) is 146 Å². The van der Waals surface area contributed by atoms with Gasteiger partial charge in [-0.1, -0.05) is 95.1 Å². The monoisotopic (exact) mass is 1200 g/mol. The fourth-order valence-electron chi connectivity index (χ4n) is 12.9. The summed E-state index contributed by atoms with van der Waals surface area (Å²) in [5, 5.41) is 44.1. The summed E-state index contributed by atoms with van der Waals surface area (Å²) in [5.41, 5.74) is 6.78. The van der Waals surface area contributed by atoms with E-state index < -0.39 is 47.7 Å². The van der Waals surface area contributed by atoms with Crippen LogP contribution >= 0.6 is 0 Å². The van der Waals surface area contributed by atoms with Gasteiger partial charge in [0, 0.05) is 55.9 Å². The van der Waals surface area contributed by atoms with Crippen molar-refractivity contribution >= 4 is 78.7 Å². The average molecular weight is 1200 g/mol. The Bertz CT molecular complexity index is 4410. The first-order valence-corrected chi connectivity index (χ1v) is 29.2. The van der Waals surface area contributed by atoms with Gasteiger partial charge in [-0.05, 0) is 162 Å². The van der Waals surface area contributed by atoms with Gasteiger partial charge in [0.15, 0.2) is 0 Å². The van der Waals surface area contributed by atoms with Crippen LogP contribution in [-0.4, -0.2) is 77.9 Å². The molecule has 13 rings (SSSR count). The minimum absolute atomic E-state index is 0.0111. The number of rotatable bonds is 16. The molecule has 0 saturated heterocycles. The molecule has 2 heterocycles. The Morgan fingerprint density at radius 3 is 0.800 bits per heavy atom. The van der Waals surface area contributed by atoms with Crippen molar-refractivity contribution in [3.05, 3.63) is 223 Å². The highest BCUT2D eigenvalue weighted by Gasteiger charge is 2.46. The van der Waals surface area contributed by atoms with Crippen LogP contribution in [0.2, 0.25) is 0 Å². The standard InChI is InChI=1S/C74H58N2O14/c1-35-9-21-53(39(5)25-35)87-57-31-47-61-48(70(80)75(69(47)79)51(73(83)84)29-43-13-17-45(77)18-14-43)33-59(89-55-23-11-37(3)27-41(55)7)65-66-60(90-56-24-12-38(4)28-42(56)8)34-50-62-49(71(81)76(72(50)82)52(74(85)86)30-44-15-19-46(78)20-16-44)32-58(64(68(62)66)63(57)67(61)65)88-54-22-10-36(2)26-40(54)6/h9-28,31-34,51-52,77-78H,29-30H2,1-8H3,(H,83,84)(H,85,86). The number of aliphatic carboxylic acids is 2. The number of phenolic OH excluding ortho intramolecular Hbond substituents is 2. The molecule has 16 nitrogen and oxygen atoms in total. The number of carbonyl (C=O) groups excluding carboxylic acids is 4. The molecule has 2 aliphatic heterocycles. The second kappa shape index (κ2) is 21.9. The fourth-order valence-corrected chi connectivity index (χ4v) is 12.9. The largest absolute Gasteiger partial charge is 0.508 e. The highest BCUT2D eigenvalue weighted by atomic mass is 16.5. The highest BCUT2D eigenvalue weighted by Crippen LogP contribution is 2.58. The van der Waals surface area contributed by atoms with Crippen LogP contribution in [0.25, 0.3) is 43.1 Å². The van der Waals surface area contributed by atoms with Crippen LogP contribution in [0.5, 0.6) is 57.5 Å². The zero-order chi connectivity index (χ0) is 63.5. The van der Waals surface area contributed by atoms with E-state index in [0.717, 1.165) is 32.1 Å². The number of carboxylic acid groups (broad SMARTS) is 2. The van der Waals surface area contributed by atoms with Crippen molar-refractivity contribution in [2.75, 3.05) is 0 Å². The third kappa shape index (κ3) is 9.73. The van der Waals surface area contributed by atoms with Gasteiger partial charge in [-0.2, -0.15) is 0 Å². The van der Waals surface area contributed by atoms with E-state index in [1.165, 1.54) is 72.8 Å². The van der Waals surface area contributed by atoms with Gasteiger partial charge in [0.2, 0.25) is 0 Å². The molecule has 0 saturated carbocycles. The first-order chi connectivity index (χ1) is 43.0. The van der Waals surface area contributed by atoms with E-state index in [1.54, 1.807) is 24.3 Å². The predicted octanol–water partition coefficient (Wildman–Crippen LogP) is 15.4. The Kier molecular flexibility index (Phi) is 14.0. The molecule has 0 bridgehead atoms.